The van der Waals surface area contributed by atoms with E-state index >= 15 is 0 Å². The summed E-state index contributed by atoms with van der Waals surface area (Å²) in [6.07, 6.45) is 1.24. The van der Waals surface area contributed by atoms with Crippen LogP contribution < -0.4 is 25.3 Å². The number of hydrogen-bond acceptors (Lipinski definition) is 7. The third-order valence-corrected chi connectivity index (χ3v) is 8.55. The number of thiocarbonyl (C=S) groups is 1. The lowest BCUT2D eigenvalue weighted by molar-refractivity contribution is 0.355. The minimum absolute atomic E-state index is 0.439. The maximum atomic E-state index is 6.03. The van der Waals surface area contributed by atoms with Gasteiger partial charge in [-0.05, 0) is 79.0 Å². The maximum absolute atomic E-state index is 6.03. The van der Waals surface area contributed by atoms with Crippen molar-refractivity contribution in [2.24, 2.45) is 11.8 Å². The van der Waals surface area contributed by atoms with E-state index in [4.69, 9.17) is 38.2 Å². The number of nitrogens with one attached hydrogen (secondary N) is 2. The second-order valence-corrected chi connectivity index (χ2v) is 12.5. The molecule has 0 amide bonds. The highest BCUT2D eigenvalue weighted by Gasteiger charge is 2.26. The molecular weight excluding hydrogens is 578 g/mol. The third-order valence-electron chi connectivity index (χ3n) is 8.06. The number of aromatic nitrogens is 2. The van der Waals surface area contributed by atoms with E-state index in [0.29, 0.717) is 34.5 Å². The molecule has 2 aliphatic rings. The van der Waals surface area contributed by atoms with Crippen LogP contribution in [0.1, 0.15) is 26.0 Å². The number of benzene rings is 2. The van der Waals surface area contributed by atoms with E-state index in [0.717, 1.165) is 68.0 Å². The van der Waals surface area contributed by atoms with Crippen LogP contribution in [0.4, 0.5) is 23.3 Å². The fourth-order valence-corrected chi connectivity index (χ4v) is 6.33. The van der Waals surface area contributed by atoms with Crippen molar-refractivity contribution in [3.63, 3.8) is 0 Å². The van der Waals surface area contributed by atoms with Crippen LogP contribution in [-0.4, -0.2) is 54.3 Å². The number of halogens is 1. The van der Waals surface area contributed by atoms with Crippen molar-refractivity contribution >= 4 is 52.2 Å². The SMILES string of the molecule is C[C@H]1C[C@H](C)CN(c2cc(N3CCN(c4ccccc4)CC3)nc(NC(=S)NCc3ccc(-c4ccc(Cl)cc4)o3)n2)C1. The van der Waals surface area contributed by atoms with E-state index in [2.05, 4.69) is 75.6 Å². The van der Waals surface area contributed by atoms with Crippen molar-refractivity contribution in [2.45, 2.75) is 26.8 Å². The Balaban J connectivity index is 1.15. The molecule has 0 spiro atoms. The number of para-hydroxylation sites is 1. The molecule has 6 rings (SSSR count). The van der Waals surface area contributed by atoms with Gasteiger partial charge in [0, 0.05) is 61.6 Å². The van der Waals surface area contributed by atoms with E-state index in [1.165, 1.54) is 12.1 Å². The Hall–Kier alpha value is -3.82. The Morgan fingerprint density at radius 2 is 1.51 bits per heavy atom. The summed E-state index contributed by atoms with van der Waals surface area (Å²) in [5, 5.41) is 7.64. The quantitative estimate of drug-likeness (QED) is 0.221. The average molecular weight is 616 g/mol. The summed E-state index contributed by atoms with van der Waals surface area (Å²) >= 11 is 11.7. The van der Waals surface area contributed by atoms with Crippen LogP contribution in [0.3, 0.4) is 0 Å². The number of nitrogens with zero attached hydrogens (tertiary/aromatic N) is 5. The van der Waals surface area contributed by atoms with Gasteiger partial charge in [0.05, 0.1) is 6.54 Å². The minimum atomic E-state index is 0.439. The first-order valence-electron chi connectivity index (χ1n) is 15.0. The Kier molecular flexibility index (Phi) is 9.00. The molecule has 224 valence electrons. The Morgan fingerprint density at radius 1 is 0.860 bits per heavy atom. The summed E-state index contributed by atoms with van der Waals surface area (Å²) in [5.41, 5.74) is 2.23. The fourth-order valence-electron chi connectivity index (χ4n) is 6.04. The van der Waals surface area contributed by atoms with Crippen molar-refractivity contribution in [3.05, 3.63) is 83.6 Å². The predicted octanol–water partition coefficient (Wildman–Crippen LogP) is 6.69. The first-order chi connectivity index (χ1) is 20.9. The van der Waals surface area contributed by atoms with Gasteiger partial charge in [0.1, 0.15) is 23.2 Å². The monoisotopic (exact) mass is 615 g/mol. The Labute approximate surface area is 264 Å². The first kappa shape index (κ1) is 29.3. The molecule has 2 atom stereocenters. The first-order valence-corrected chi connectivity index (χ1v) is 15.8. The molecule has 8 nitrogen and oxygen atoms in total. The van der Waals surface area contributed by atoms with Gasteiger partial charge in [0.25, 0.3) is 0 Å². The van der Waals surface area contributed by atoms with Crippen LogP contribution in [0.25, 0.3) is 11.3 Å². The molecule has 2 fully saturated rings. The molecule has 0 radical (unpaired) electrons. The van der Waals surface area contributed by atoms with Crippen molar-refractivity contribution < 1.29 is 4.42 Å². The molecule has 2 aromatic heterocycles. The van der Waals surface area contributed by atoms with Gasteiger partial charge in [-0.2, -0.15) is 9.97 Å². The summed E-state index contributed by atoms with van der Waals surface area (Å²) in [4.78, 5) is 17.0. The lowest BCUT2D eigenvalue weighted by Crippen LogP contribution is -2.47. The molecular formula is C33H38ClN7OS. The molecule has 2 saturated heterocycles. The smallest absolute Gasteiger partial charge is 0.232 e. The fraction of sp³-hybridized carbons (Fsp3) is 0.364. The van der Waals surface area contributed by atoms with Gasteiger partial charge in [0.2, 0.25) is 5.95 Å². The van der Waals surface area contributed by atoms with Crippen LogP contribution in [0.15, 0.2) is 77.2 Å². The zero-order valence-electron chi connectivity index (χ0n) is 24.7. The van der Waals surface area contributed by atoms with Gasteiger partial charge < -0.3 is 29.8 Å². The number of piperidine rings is 1. The van der Waals surface area contributed by atoms with E-state index in [9.17, 15) is 0 Å². The normalized spacial score (nSPS) is 18.9. The predicted molar refractivity (Wildman–Crippen MR) is 180 cm³/mol. The summed E-state index contributed by atoms with van der Waals surface area (Å²) in [6.45, 7) is 10.7. The van der Waals surface area contributed by atoms with Crippen LogP contribution >= 0.6 is 23.8 Å². The minimum Gasteiger partial charge on any atom is -0.459 e. The molecule has 2 aliphatic heterocycles. The number of hydrogen-bond donors (Lipinski definition) is 2. The van der Waals surface area contributed by atoms with E-state index in [1.54, 1.807) is 0 Å². The molecule has 0 saturated carbocycles. The second-order valence-electron chi connectivity index (χ2n) is 11.6. The molecule has 0 aliphatic carbocycles. The third kappa shape index (κ3) is 7.40. The molecule has 10 heteroatoms. The molecule has 4 heterocycles. The van der Waals surface area contributed by atoms with Crippen molar-refractivity contribution in [3.8, 4) is 11.3 Å². The lowest BCUT2D eigenvalue weighted by Gasteiger charge is -2.38. The van der Waals surface area contributed by atoms with Crippen molar-refractivity contribution in [1.82, 2.24) is 15.3 Å². The average Bonchev–Trinajstić information content (AvgIpc) is 3.49. The molecule has 0 bridgehead atoms. The molecule has 2 N–H and O–H groups in total. The zero-order chi connectivity index (χ0) is 29.8. The van der Waals surface area contributed by atoms with Crippen molar-refractivity contribution in [2.75, 3.05) is 59.3 Å². The summed E-state index contributed by atoms with van der Waals surface area (Å²) in [6, 6.07) is 24.2. The summed E-state index contributed by atoms with van der Waals surface area (Å²) in [5.74, 6) is 5.15. The standard InChI is InChI=1S/C33H38ClN7OS/c1-23-18-24(2)22-41(21-23)31-19-30(40-16-14-39(15-17-40)27-6-4-3-5-7-27)36-32(37-31)38-33(43)35-20-28-12-13-29(42-28)25-8-10-26(34)11-9-25/h3-13,19,23-24H,14-18,20-22H2,1-2H3,(H2,35,36,37,38,43)/t23-,24-/m0/s1. The number of piperazine rings is 1. The van der Waals surface area contributed by atoms with Crippen LogP contribution in [-0.2, 0) is 6.54 Å². The van der Waals surface area contributed by atoms with Crippen LogP contribution in [0, 0.1) is 11.8 Å². The van der Waals surface area contributed by atoms with E-state index < -0.39 is 0 Å². The van der Waals surface area contributed by atoms with Gasteiger partial charge in [-0.15, -0.1) is 0 Å². The van der Waals surface area contributed by atoms with Gasteiger partial charge in [-0.25, -0.2) is 0 Å². The summed E-state index contributed by atoms with van der Waals surface area (Å²) < 4.78 is 6.03. The van der Waals surface area contributed by atoms with Gasteiger partial charge in [0.15, 0.2) is 5.11 Å². The Morgan fingerprint density at radius 3 is 2.21 bits per heavy atom. The molecule has 0 unspecified atom stereocenters. The van der Waals surface area contributed by atoms with Crippen LogP contribution in [0.5, 0.6) is 0 Å². The molecule has 4 aromatic rings. The molecule has 43 heavy (non-hydrogen) atoms. The maximum Gasteiger partial charge on any atom is 0.232 e. The lowest BCUT2D eigenvalue weighted by atomic mass is 9.92. The highest BCUT2D eigenvalue weighted by atomic mass is 35.5. The number of rotatable bonds is 7. The highest BCUT2D eigenvalue weighted by Crippen LogP contribution is 2.29. The number of anilines is 4. The van der Waals surface area contributed by atoms with E-state index in [1.807, 2.05) is 36.4 Å². The second kappa shape index (κ2) is 13.2. The van der Waals surface area contributed by atoms with Gasteiger partial charge in [-0.1, -0.05) is 43.6 Å². The van der Waals surface area contributed by atoms with Gasteiger partial charge >= 0.3 is 0 Å². The Bertz CT molecular complexity index is 1510. The van der Waals surface area contributed by atoms with E-state index in [-0.39, 0.29) is 0 Å². The largest absolute Gasteiger partial charge is 0.459 e. The molecule has 2 aromatic carbocycles. The topological polar surface area (TPSA) is 72.7 Å². The van der Waals surface area contributed by atoms with Crippen molar-refractivity contribution in [1.29, 1.82) is 0 Å². The van der Waals surface area contributed by atoms with Gasteiger partial charge in [-0.3, -0.25) is 0 Å². The summed E-state index contributed by atoms with van der Waals surface area (Å²) in [7, 11) is 0. The highest BCUT2D eigenvalue weighted by molar-refractivity contribution is 7.80. The number of furan rings is 1. The zero-order valence-corrected chi connectivity index (χ0v) is 26.2. The van der Waals surface area contributed by atoms with Crippen LogP contribution in [0.2, 0.25) is 5.02 Å².